The van der Waals surface area contributed by atoms with Gasteiger partial charge < -0.3 is 10.1 Å². The normalized spacial score (nSPS) is 24.9. The molecule has 0 aromatic carbocycles. The van der Waals surface area contributed by atoms with E-state index in [9.17, 15) is 13.2 Å². The predicted molar refractivity (Wildman–Crippen MR) is 66.7 cm³/mol. The largest absolute Gasteiger partial charge is 0.444 e. The number of hydrogen-bond donors (Lipinski definition) is 1. The number of alkyl carbamates (subject to hydrolysis) is 1. The van der Waals surface area contributed by atoms with E-state index in [1.807, 2.05) is 0 Å². The molecule has 1 amide bonds. The van der Waals surface area contributed by atoms with Crippen LogP contribution in [0, 0.1) is 0 Å². The molecular weight excluding hydrogens is 258 g/mol. The molecule has 18 heavy (non-hydrogen) atoms. The lowest BCUT2D eigenvalue weighted by Crippen LogP contribution is -2.44. The third-order valence-electron chi connectivity index (χ3n) is 2.45. The van der Waals surface area contributed by atoms with Crippen molar-refractivity contribution in [2.24, 2.45) is 0 Å². The van der Waals surface area contributed by atoms with Crippen molar-refractivity contribution in [1.29, 1.82) is 0 Å². The number of hydrogen-bond acceptors (Lipinski definition) is 5. The Balaban J connectivity index is 2.53. The summed E-state index contributed by atoms with van der Waals surface area (Å²) in [5, 5.41) is 2.66. The van der Waals surface area contributed by atoms with Gasteiger partial charge in [-0.05, 0) is 40.0 Å². The first-order valence-corrected chi connectivity index (χ1v) is 7.76. The Morgan fingerprint density at radius 3 is 2.39 bits per heavy atom. The molecule has 0 aliphatic heterocycles. The van der Waals surface area contributed by atoms with E-state index in [0.29, 0.717) is 12.8 Å². The Kier molecular flexibility index (Phi) is 4.61. The summed E-state index contributed by atoms with van der Waals surface area (Å²) in [4.78, 5) is 11.6. The topological polar surface area (TPSA) is 81.7 Å². The molecular formula is C11H21NO5S. The lowest BCUT2D eigenvalue weighted by molar-refractivity contribution is 0.0466. The van der Waals surface area contributed by atoms with Gasteiger partial charge in [0.15, 0.2) is 0 Å². The van der Waals surface area contributed by atoms with Gasteiger partial charge in [0.2, 0.25) is 0 Å². The molecule has 0 aromatic rings. The fourth-order valence-electron chi connectivity index (χ4n) is 1.89. The van der Waals surface area contributed by atoms with Crippen LogP contribution in [0.1, 0.15) is 40.0 Å². The highest BCUT2D eigenvalue weighted by molar-refractivity contribution is 7.86. The van der Waals surface area contributed by atoms with Crippen molar-refractivity contribution in [1.82, 2.24) is 5.32 Å². The maximum absolute atomic E-state index is 11.6. The van der Waals surface area contributed by atoms with Gasteiger partial charge in [0.1, 0.15) is 5.60 Å². The minimum Gasteiger partial charge on any atom is -0.444 e. The van der Waals surface area contributed by atoms with Crippen LogP contribution >= 0.6 is 0 Å². The molecule has 1 aliphatic rings. The predicted octanol–water partition coefficient (Wildman–Crippen LogP) is 1.41. The van der Waals surface area contributed by atoms with E-state index in [2.05, 4.69) is 5.32 Å². The van der Waals surface area contributed by atoms with Gasteiger partial charge in [-0.25, -0.2) is 4.79 Å². The Morgan fingerprint density at radius 1 is 1.28 bits per heavy atom. The van der Waals surface area contributed by atoms with Crippen molar-refractivity contribution < 1.29 is 22.1 Å². The quantitative estimate of drug-likeness (QED) is 0.790. The Morgan fingerprint density at radius 2 is 1.89 bits per heavy atom. The zero-order valence-corrected chi connectivity index (χ0v) is 12.0. The second-order valence-corrected chi connectivity index (χ2v) is 7.12. The first-order valence-electron chi connectivity index (χ1n) is 5.94. The Hall–Kier alpha value is -0.820. The standard InChI is InChI=1S/C11H21NO5S/c1-11(2,3)16-10(13)12-8-6-5-7-9(8)17-18(4,14)15/h8-9H,5-7H2,1-4H3,(H,12,13)/t8-,9-/m1/s1. The number of nitrogens with one attached hydrogen (secondary N) is 1. The van der Waals surface area contributed by atoms with Gasteiger partial charge in [-0.3, -0.25) is 4.18 Å². The van der Waals surface area contributed by atoms with Gasteiger partial charge in [0.05, 0.1) is 18.4 Å². The third kappa shape index (κ3) is 5.68. The van der Waals surface area contributed by atoms with Crippen LogP contribution in [0.3, 0.4) is 0 Å². The fourth-order valence-corrected chi connectivity index (χ4v) is 2.57. The van der Waals surface area contributed by atoms with Crippen molar-refractivity contribution in [3.8, 4) is 0 Å². The smallest absolute Gasteiger partial charge is 0.407 e. The lowest BCUT2D eigenvalue weighted by atomic mass is 10.2. The molecule has 1 N–H and O–H groups in total. The van der Waals surface area contributed by atoms with E-state index in [-0.39, 0.29) is 6.04 Å². The van der Waals surface area contributed by atoms with Crippen LogP contribution in [0.25, 0.3) is 0 Å². The van der Waals surface area contributed by atoms with Crippen LogP contribution < -0.4 is 5.32 Å². The van der Waals surface area contributed by atoms with Crippen LogP contribution in [0.4, 0.5) is 4.79 Å². The average Bonchev–Trinajstić information content (AvgIpc) is 2.45. The summed E-state index contributed by atoms with van der Waals surface area (Å²) in [6.07, 6.45) is 2.10. The van der Waals surface area contributed by atoms with Crippen molar-refractivity contribution in [2.45, 2.75) is 57.8 Å². The van der Waals surface area contributed by atoms with Crippen LogP contribution in [-0.4, -0.2) is 38.5 Å². The number of carbonyl (C=O) groups excluding carboxylic acids is 1. The van der Waals surface area contributed by atoms with Gasteiger partial charge in [-0.1, -0.05) is 0 Å². The zero-order chi connectivity index (χ0) is 14.0. The summed E-state index contributed by atoms with van der Waals surface area (Å²) in [6.45, 7) is 5.31. The maximum Gasteiger partial charge on any atom is 0.407 e. The Bertz CT molecular complexity index is 398. The van der Waals surface area contributed by atoms with E-state index in [1.165, 1.54) is 0 Å². The highest BCUT2D eigenvalue weighted by Gasteiger charge is 2.33. The lowest BCUT2D eigenvalue weighted by Gasteiger charge is -2.24. The van der Waals surface area contributed by atoms with Gasteiger partial charge >= 0.3 is 6.09 Å². The van der Waals surface area contributed by atoms with E-state index in [4.69, 9.17) is 8.92 Å². The van der Waals surface area contributed by atoms with Crippen LogP contribution in [0.15, 0.2) is 0 Å². The van der Waals surface area contributed by atoms with Gasteiger partial charge in [-0.15, -0.1) is 0 Å². The van der Waals surface area contributed by atoms with Crippen molar-refractivity contribution in [3.63, 3.8) is 0 Å². The minimum atomic E-state index is -3.50. The molecule has 0 radical (unpaired) electrons. The molecule has 106 valence electrons. The van der Waals surface area contributed by atoms with Crippen molar-refractivity contribution >= 4 is 16.2 Å². The van der Waals surface area contributed by atoms with Gasteiger partial charge in [0.25, 0.3) is 10.1 Å². The first-order chi connectivity index (χ1) is 8.07. The SMILES string of the molecule is CC(C)(C)OC(=O)N[C@@H]1CCC[C@H]1OS(C)(=O)=O. The molecule has 2 atom stereocenters. The molecule has 1 aliphatic carbocycles. The minimum absolute atomic E-state index is 0.311. The highest BCUT2D eigenvalue weighted by atomic mass is 32.2. The summed E-state index contributed by atoms with van der Waals surface area (Å²) >= 11 is 0. The maximum atomic E-state index is 11.6. The van der Waals surface area contributed by atoms with Gasteiger partial charge in [0, 0.05) is 0 Å². The average molecular weight is 279 g/mol. The summed E-state index contributed by atoms with van der Waals surface area (Å²) < 4.78 is 32.2. The number of amides is 1. The Labute approximate surface area is 108 Å². The number of rotatable bonds is 3. The second-order valence-electron chi connectivity index (χ2n) is 5.52. The second kappa shape index (κ2) is 5.44. The number of ether oxygens (including phenoxy) is 1. The summed E-state index contributed by atoms with van der Waals surface area (Å²) in [5.41, 5.74) is -0.574. The van der Waals surface area contributed by atoms with Crippen LogP contribution in [0.2, 0.25) is 0 Å². The molecule has 0 unspecified atom stereocenters. The molecule has 0 aromatic heterocycles. The molecule has 6 nitrogen and oxygen atoms in total. The molecule has 0 bridgehead atoms. The fraction of sp³-hybridized carbons (Fsp3) is 0.909. The molecule has 1 fully saturated rings. The summed E-state index contributed by atoms with van der Waals surface area (Å²) in [7, 11) is -3.50. The van der Waals surface area contributed by atoms with E-state index >= 15 is 0 Å². The van der Waals surface area contributed by atoms with E-state index in [1.54, 1.807) is 20.8 Å². The number of carbonyl (C=O) groups is 1. The molecule has 1 rings (SSSR count). The zero-order valence-electron chi connectivity index (χ0n) is 11.2. The van der Waals surface area contributed by atoms with Crippen LogP contribution in [-0.2, 0) is 19.0 Å². The molecule has 0 heterocycles. The third-order valence-corrected chi connectivity index (χ3v) is 3.05. The first kappa shape index (κ1) is 15.2. The van der Waals surface area contributed by atoms with E-state index in [0.717, 1.165) is 12.7 Å². The van der Waals surface area contributed by atoms with Crippen molar-refractivity contribution in [2.75, 3.05) is 6.26 Å². The molecule has 1 saturated carbocycles. The monoisotopic (exact) mass is 279 g/mol. The summed E-state index contributed by atoms with van der Waals surface area (Å²) in [5.74, 6) is 0. The molecule has 0 saturated heterocycles. The summed E-state index contributed by atoms with van der Waals surface area (Å²) in [6, 6.07) is -0.311. The molecule has 0 spiro atoms. The van der Waals surface area contributed by atoms with Crippen molar-refractivity contribution in [3.05, 3.63) is 0 Å². The van der Waals surface area contributed by atoms with E-state index < -0.39 is 27.9 Å². The van der Waals surface area contributed by atoms with Crippen LogP contribution in [0.5, 0.6) is 0 Å². The van der Waals surface area contributed by atoms with Gasteiger partial charge in [-0.2, -0.15) is 8.42 Å². The highest BCUT2D eigenvalue weighted by Crippen LogP contribution is 2.23. The molecule has 7 heteroatoms.